The predicted octanol–water partition coefficient (Wildman–Crippen LogP) is 1.57. The van der Waals surface area contributed by atoms with Gasteiger partial charge in [-0.25, -0.2) is 0 Å². The summed E-state index contributed by atoms with van der Waals surface area (Å²) in [5, 5.41) is 10.9. The highest BCUT2D eigenvalue weighted by Gasteiger charge is 2.01. The van der Waals surface area contributed by atoms with Crippen molar-refractivity contribution in [3.8, 4) is 0 Å². The molecule has 130 valence electrons. The van der Waals surface area contributed by atoms with Crippen LogP contribution in [0.4, 0.5) is 0 Å². The van der Waals surface area contributed by atoms with Crippen molar-refractivity contribution in [3.63, 3.8) is 0 Å². The van der Waals surface area contributed by atoms with E-state index in [2.05, 4.69) is 56.9 Å². The number of hydrogen-bond acceptors (Lipinski definition) is 3. The molecule has 2 N–H and O–H groups in total. The summed E-state index contributed by atoms with van der Waals surface area (Å²) in [4.78, 5) is 6.56. The first kappa shape index (κ1) is 18.0. The summed E-state index contributed by atoms with van der Waals surface area (Å²) in [7, 11) is 3.94. The first-order valence-corrected chi connectivity index (χ1v) is 8.42. The Hall–Kier alpha value is -2.34. The van der Waals surface area contributed by atoms with Crippen LogP contribution in [0.25, 0.3) is 0 Å². The van der Waals surface area contributed by atoms with Crippen LogP contribution in [0, 0.1) is 0 Å². The molecule has 0 bridgehead atoms. The zero-order chi connectivity index (χ0) is 17.0. The van der Waals surface area contributed by atoms with Crippen LogP contribution in [-0.4, -0.2) is 54.4 Å². The minimum atomic E-state index is 0.851. The number of aliphatic imine (C=N–C) groups is 1. The van der Waals surface area contributed by atoms with Crippen molar-refractivity contribution in [3.05, 3.63) is 54.4 Å². The van der Waals surface area contributed by atoms with Crippen LogP contribution in [0.5, 0.6) is 0 Å². The Morgan fingerprint density at radius 3 is 2.67 bits per heavy atom. The van der Waals surface area contributed by atoms with Gasteiger partial charge in [0.15, 0.2) is 5.96 Å². The van der Waals surface area contributed by atoms with E-state index in [4.69, 9.17) is 0 Å². The Balaban J connectivity index is 1.57. The number of likely N-dealkylation sites (N-methyl/N-ethyl adjacent to an activating group) is 1. The second-order valence-corrected chi connectivity index (χ2v) is 5.77. The van der Waals surface area contributed by atoms with E-state index >= 15 is 0 Å². The van der Waals surface area contributed by atoms with E-state index in [9.17, 15) is 0 Å². The summed E-state index contributed by atoms with van der Waals surface area (Å²) in [6.45, 7) is 4.57. The maximum atomic E-state index is 4.26. The molecule has 0 saturated heterocycles. The van der Waals surface area contributed by atoms with Gasteiger partial charge in [-0.15, -0.1) is 0 Å². The van der Waals surface area contributed by atoms with Crippen LogP contribution in [-0.2, 0) is 13.1 Å². The first-order valence-electron chi connectivity index (χ1n) is 8.42. The molecule has 6 heteroatoms. The quantitative estimate of drug-likeness (QED) is 0.417. The topological polar surface area (TPSA) is 57.5 Å². The van der Waals surface area contributed by atoms with Crippen LogP contribution in [0.3, 0.4) is 0 Å². The standard InChI is InChI=1S/C18H28N6/c1-19-18(20-10-6-13-24-14-7-11-22-24)21-12-15-23(2)16-17-8-4-3-5-9-17/h3-5,7-9,11,14H,6,10,12-13,15-16H2,1-2H3,(H2,19,20,21). The number of aryl methyl sites for hydroxylation is 1. The lowest BCUT2D eigenvalue weighted by Crippen LogP contribution is -2.41. The van der Waals surface area contributed by atoms with Crippen molar-refractivity contribution in [2.45, 2.75) is 19.5 Å². The van der Waals surface area contributed by atoms with E-state index in [0.717, 1.165) is 45.1 Å². The number of aromatic nitrogens is 2. The molecule has 0 atom stereocenters. The fourth-order valence-corrected chi connectivity index (χ4v) is 2.44. The molecule has 1 aromatic heterocycles. The van der Waals surface area contributed by atoms with Gasteiger partial charge < -0.3 is 15.5 Å². The molecule has 0 radical (unpaired) electrons. The van der Waals surface area contributed by atoms with Crippen LogP contribution < -0.4 is 10.6 Å². The van der Waals surface area contributed by atoms with Gasteiger partial charge in [0.05, 0.1) is 0 Å². The highest BCUT2D eigenvalue weighted by Crippen LogP contribution is 2.01. The summed E-state index contributed by atoms with van der Waals surface area (Å²) < 4.78 is 1.94. The van der Waals surface area contributed by atoms with Crippen LogP contribution in [0.15, 0.2) is 53.8 Å². The van der Waals surface area contributed by atoms with Gasteiger partial charge in [-0.2, -0.15) is 5.10 Å². The zero-order valence-corrected chi connectivity index (χ0v) is 14.7. The highest BCUT2D eigenvalue weighted by atomic mass is 15.3. The second-order valence-electron chi connectivity index (χ2n) is 5.77. The lowest BCUT2D eigenvalue weighted by molar-refractivity contribution is 0.331. The average molecular weight is 328 g/mol. The minimum Gasteiger partial charge on any atom is -0.356 e. The van der Waals surface area contributed by atoms with Crippen molar-refractivity contribution in [2.24, 2.45) is 4.99 Å². The molecular weight excluding hydrogens is 300 g/mol. The van der Waals surface area contributed by atoms with E-state index in [1.54, 1.807) is 13.2 Å². The third kappa shape index (κ3) is 6.83. The predicted molar refractivity (Wildman–Crippen MR) is 99.0 cm³/mol. The Kier molecular flexibility index (Phi) is 7.83. The molecule has 24 heavy (non-hydrogen) atoms. The van der Waals surface area contributed by atoms with Crippen molar-refractivity contribution in [1.29, 1.82) is 0 Å². The van der Waals surface area contributed by atoms with Crippen molar-refractivity contribution in [1.82, 2.24) is 25.3 Å². The van der Waals surface area contributed by atoms with Gasteiger partial charge in [0.1, 0.15) is 0 Å². The maximum Gasteiger partial charge on any atom is 0.191 e. The largest absolute Gasteiger partial charge is 0.356 e. The molecule has 1 heterocycles. The van der Waals surface area contributed by atoms with Gasteiger partial charge in [-0.05, 0) is 25.1 Å². The third-order valence-corrected chi connectivity index (χ3v) is 3.72. The summed E-state index contributed by atoms with van der Waals surface area (Å²) >= 11 is 0. The molecule has 6 nitrogen and oxygen atoms in total. The van der Waals surface area contributed by atoms with Gasteiger partial charge in [0, 0.05) is 52.2 Å². The zero-order valence-electron chi connectivity index (χ0n) is 14.7. The fraction of sp³-hybridized carbons (Fsp3) is 0.444. The number of rotatable bonds is 9. The van der Waals surface area contributed by atoms with E-state index in [1.165, 1.54) is 5.56 Å². The molecule has 0 aliphatic carbocycles. The second kappa shape index (κ2) is 10.4. The van der Waals surface area contributed by atoms with Gasteiger partial charge in [-0.3, -0.25) is 9.67 Å². The summed E-state index contributed by atoms with van der Waals surface area (Å²) in [5.41, 5.74) is 1.33. The molecule has 2 rings (SSSR count). The molecule has 1 aromatic carbocycles. The molecule has 0 aliphatic rings. The smallest absolute Gasteiger partial charge is 0.191 e. The lowest BCUT2D eigenvalue weighted by atomic mass is 10.2. The number of guanidine groups is 1. The fourth-order valence-electron chi connectivity index (χ4n) is 2.44. The summed E-state index contributed by atoms with van der Waals surface area (Å²) in [5.74, 6) is 0.851. The molecular formula is C18H28N6. The molecule has 0 saturated carbocycles. The van der Waals surface area contributed by atoms with Gasteiger partial charge in [-0.1, -0.05) is 30.3 Å². The summed E-state index contributed by atoms with van der Waals surface area (Å²) in [6, 6.07) is 12.5. The van der Waals surface area contributed by atoms with E-state index < -0.39 is 0 Å². The lowest BCUT2D eigenvalue weighted by Gasteiger charge is -2.18. The van der Waals surface area contributed by atoms with Crippen molar-refractivity contribution in [2.75, 3.05) is 33.7 Å². The number of hydrogen-bond donors (Lipinski definition) is 2. The van der Waals surface area contributed by atoms with Gasteiger partial charge >= 0.3 is 0 Å². The Morgan fingerprint density at radius 2 is 1.96 bits per heavy atom. The van der Waals surface area contributed by atoms with E-state index in [1.807, 2.05) is 23.0 Å². The van der Waals surface area contributed by atoms with Crippen LogP contribution in [0.1, 0.15) is 12.0 Å². The molecule has 0 spiro atoms. The number of benzene rings is 1. The molecule has 0 aliphatic heterocycles. The minimum absolute atomic E-state index is 0.851. The molecule has 0 unspecified atom stereocenters. The Morgan fingerprint density at radius 1 is 1.17 bits per heavy atom. The summed E-state index contributed by atoms with van der Waals surface area (Å²) in [6.07, 6.45) is 4.80. The van der Waals surface area contributed by atoms with E-state index in [-0.39, 0.29) is 0 Å². The average Bonchev–Trinajstić information content (AvgIpc) is 3.11. The highest BCUT2D eigenvalue weighted by molar-refractivity contribution is 5.79. The van der Waals surface area contributed by atoms with Gasteiger partial charge in [0.2, 0.25) is 0 Å². The Labute approximate surface area is 144 Å². The third-order valence-electron chi connectivity index (χ3n) is 3.72. The maximum absolute atomic E-state index is 4.26. The van der Waals surface area contributed by atoms with Crippen LogP contribution in [0.2, 0.25) is 0 Å². The normalized spacial score (nSPS) is 11.7. The van der Waals surface area contributed by atoms with Crippen LogP contribution >= 0.6 is 0 Å². The molecule has 2 aromatic rings. The number of nitrogens with one attached hydrogen (secondary N) is 2. The number of nitrogens with zero attached hydrogens (tertiary/aromatic N) is 4. The SMILES string of the molecule is CN=C(NCCCn1cccn1)NCCN(C)Cc1ccccc1. The van der Waals surface area contributed by atoms with Crippen molar-refractivity contribution >= 4 is 5.96 Å². The van der Waals surface area contributed by atoms with E-state index in [0.29, 0.717) is 0 Å². The molecule has 0 amide bonds. The first-order chi connectivity index (χ1) is 11.8. The Bertz CT molecular complexity index is 579. The molecule has 0 fully saturated rings. The van der Waals surface area contributed by atoms with Crippen molar-refractivity contribution < 1.29 is 0 Å². The monoisotopic (exact) mass is 328 g/mol. The van der Waals surface area contributed by atoms with Gasteiger partial charge in [0.25, 0.3) is 0 Å².